The average Bonchev–Trinajstić information content (AvgIpc) is 2.36. The third-order valence-electron chi connectivity index (χ3n) is 2.32. The van der Waals surface area contributed by atoms with Gasteiger partial charge in [0, 0.05) is 34.2 Å². The van der Waals surface area contributed by atoms with Gasteiger partial charge in [0.2, 0.25) is 17.8 Å². The summed E-state index contributed by atoms with van der Waals surface area (Å²) in [6.45, 7) is 3.46. The fraction of sp³-hybridized carbons (Fsp3) is 0.727. The van der Waals surface area contributed by atoms with Crippen molar-refractivity contribution in [3.63, 3.8) is 0 Å². The third-order valence-corrected chi connectivity index (χ3v) is 2.32. The number of aliphatic hydroxyl groups is 1. The smallest absolute Gasteiger partial charge is 0.231 e. The van der Waals surface area contributed by atoms with Gasteiger partial charge in [-0.05, 0) is 6.42 Å². The quantitative estimate of drug-likeness (QED) is 0.719. The first kappa shape index (κ1) is 14.4. The Hall–Kier alpha value is -1.63. The zero-order valence-corrected chi connectivity index (χ0v) is 11.5. The Morgan fingerprint density at radius 3 is 2.33 bits per heavy atom. The van der Waals surface area contributed by atoms with Crippen molar-refractivity contribution in [3.8, 4) is 0 Å². The molecule has 0 radical (unpaired) electrons. The summed E-state index contributed by atoms with van der Waals surface area (Å²) in [6, 6.07) is 0. The van der Waals surface area contributed by atoms with Crippen molar-refractivity contribution >= 4 is 17.8 Å². The minimum absolute atomic E-state index is 0.0667. The first-order chi connectivity index (χ1) is 8.58. The molecule has 102 valence electrons. The average molecular weight is 254 g/mol. The van der Waals surface area contributed by atoms with Crippen LogP contribution in [0.2, 0.25) is 0 Å². The summed E-state index contributed by atoms with van der Waals surface area (Å²) in [7, 11) is 5.61. The van der Waals surface area contributed by atoms with E-state index in [9.17, 15) is 0 Å². The van der Waals surface area contributed by atoms with E-state index in [2.05, 4.69) is 27.2 Å². The molecule has 1 rings (SSSR count). The van der Waals surface area contributed by atoms with Gasteiger partial charge in [-0.15, -0.1) is 0 Å². The summed E-state index contributed by atoms with van der Waals surface area (Å²) in [5.74, 6) is 1.72. The van der Waals surface area contributed by atoms with E-state index >= 15 is 0 Å². The molecule has 1 aromatic rings. The second kappa shape index (κ2) is 6.95. The van der Waals surface area contributed by atoms with E-state index in [0.29, 0.717) is 24.4 Å². The number of nitrogens with one attached hydrogen (secondary N) is 1. The molecule has 0 saturated heterocycles. The van der Waals surface area contributed by atoms with Crippen molar-refractivity contribution in [1.82, 2.24) is 15.0 Å². The number of rotatable bonds is 7. The molecule has 0 amide bonds. The Labute approximate surface area is 108 Å². The standard InChI is InChI=1S/C11H22N6O/c1-5-6-12-9-13-10(16(2)3)15-11(14-9)17(4)7-8-18/h18H,5-8H2,1-4H3,(H,12,13,14,15). The molecule has 0 aliphatic rings. The van der Waals surface area contributed by atoms with Crippen LogP contribution in [-0.2, 0) is 0 Å². The molecule has 0 fully saturated rings. The van der Waals surface area contributed by atoms with E-state index in [1.54, 1.807) is 4.90 Å². The van der Waals surface area contributed by atoms with E-state index in [-0.39, 0.29) is 6.61 Å². The molecule has 0 unspecified atom stereocenters. The molecule has 7 heteroatoms. The molecule has 0 aliphatic carbocycles. The highest BCUT2D eigenvalue weighted by molar-refractivity contribution is 5.44. The lowest BCUT2D eigenvalue weighted by Crippen LogP contribution is -2.25. The Bertz CT molecular complexity index is 371. The van der Waals surface area contributed by atoms with Gasteiger partial charge in [0.1, 0.15) is 0 Å². The van der Waals surface area contributed by atoms with Crippen LogP contribution in [0, 0.1) is 0 Å². The molecule has 18 heavy (non-hydrogen) atoms. The Morgan fingerprint density at radius 1 is 1.11 bits per heavy atom. The number of likely N-dealkylation sites (N-methyl/N-ethyl adjacent to an activating group) is 1. The predicted octanol–water partition coefficient (Wildman–Crippen LogP) is 0.188. The maximum Gasteiger partial charge on any atom is 0.231 e. The lowest BCUT2D eigenvalue weighted by molar-refractivity contribution is 0.303. The van der Waals surface area contributed by atoms with Crippen LogP contribution < -0.4 is 15.1 Å². The fourth-order valence-corrected chi connectivity index (χ4v) is 1.29. The van der Waals surface area contributed by atoms with E-state index in [1.807, 2.05) is 26.0 Å². The van der Waals surface area contributed by atoms with Gasteiger partial charge in [0.25, 0.3) is 0 Å². The molecule has 0 spiro atoms. The Kier molecular flexibility index (Phi) is 5.57. The van der Waals surface area contributed by atoms with Crippen LogP contribution in [0.1, 0.15) is 13.3 Å². The summed E-state index contributed by atoms with van der Waals surface area (Å²) >= 11 is 0. The van der Waals surface area contributed by atoms with Crippen molar-refractivity contribution < 1.29 is 5.11 Å². The second-order valence-electron chi connectivity index (χ2n) is 4.23. The predicted molar refractivity (Wildman–Crippen MR) is 73.3 cm³/mol. The fourth-order valence-electron chi connectivity index (χ4n) is 1.29. The summed E-state index contributed by atoms with van der Waals surface area (Å²) in [6.07, 6.45) is 1.00. The van der Waals surface area contributed by atoms with Crippen LogP contribution in [0.25, 0.3) is 0 Å². The van der Waals surface area contributed by atoms with Crippen LogP contribution in [0.5, 0.6) is 0 Å². The van der Waals surface area contributed by atoms with Gasteiger partial charge in [-0.3, -0.25) is 0 Å². The SMILES string of the molecule is CCCNc1nc(N(C)C)nc(N(C)CCO)n1. The van der Waals surface area contributed by atoms with Gasteiger partial charge in [-0.1, -0.05) is 6.92 Å². The van der Waals surface area contributed by atoms with Crippen LogP contribution in [0.15, 0.2) is 0 Å². The highest BCUT2D eigenvalue weighted by Crippen LogP contribution is 2.13. The van der Waals surface area contributed by atoms with Crippen LogP contribution in [-0.4, -0.2) is 60.9 Å². The summed E-state index contributed by atoms with van der Waals surface area (Å²) < 4.78 is 0. The summed E-state index contributed by atoms with van der Waals surface area (Å²) in [4.78, 5) is 16.6. The molecule has 1 heterocycles. The van der Waals surface area contributed by atoms with Crippen molar-refractivity contribution in [2.75, 3.05) is 56.0 Å². The zero-order chi connectivity index (χ0) is 13.5. The van der Waals surface area contributed by atoms with E-state index in [1.165, 1.54) is 0 Å². The number of anilines is 3. The Balaban J connectivity index is 2.97. The van der Waals surface area contributed by atoms with E-state index in [0.717, 1.165) is 13.0 Å². The minimum Gasteiger partial charge on any atom is -0.395 e. The second-order valence-corrected chi connectivity index (χ2v) is 4.23. The Morgan fingerprint density at radius 2 is 1.78 bits per heavy atom. The summed E-state index contributed by atoms with van der Waals surface area (Å²) in [5, 5.41) is 12.1. The molecule has 0 aliphatic heterocycles. The van der Waals surface area contributed by atoms with Gasteiger partial charge in [0.05, 0.1) is 6.61 Å². The van der Waals surface area contributed by atoms with Gasteiger partial charge in [-0.25, -0.2) is 0 Å². The first-order valence-corrected chi connectivity index (χ1v) is 6.07. The van der Waals surface area contributed by atoms with E-state index in [4.69, 9.17) is 5.11 Å². The monoisotopic (exact) mass is 254 g/mol. The third kappa shape index (κ3) is 3.99. The maximum absolute atomic E-state index is 8.95. The van der Waals surface area contributed by atoms with Crippen molar-refractivity contribution in [1.29, 1.82) is 0 Å². The molecule has 1 aromatic heterocycles. The highest BCUT2D eigenvalue weighted by atomic mass is 16.3. The molecule has 0 saturated carbocycles. The molecule has 0 atom stereocenters. The largest absolute Gasteiger partial charge is 0.395 e. The molecular formula is C11H22N6O. The number of hydrogen-bond donors (Lipinski definition) is 2. The van der Waals surface area contributed by atoms with E-state index < -0.39 is 0 Å². The van der Waals surface area contributed by atoms with Crippen molar-refractivity contribution in [2.24, 2.45) is 0 Å². The van der Waals surface area contributed by atoms with Gasteiger partial charge in [-0.2, -0.15) is 15.0 Å². The van der Waals surface area contributed by atoms with Gasteiger partial charge >= 0.3 is 0 Å². The minimum atomic E-state index is 0.0667. The number of aliphatic hydroxyl groups excluding tert-OH is 1. The molecular weight excluding hydrogens is 232 g/mol. The lowest BCUT2D eigenvalue weighted by atomic mass is 10.5. The number of aromatic nitrogens is 3. The van der Waals surface area contributed by atoms with Crippen molar-refractivity contribution in [2.45, 2.75) is 13.3 Å². The lowest BCUT2D eigenvalue weighted by Gasteiger charge is -2.19. The maximum atomic E-state index is 8.95. The topological polar surface area (TPSA) is 77.4 Å². The van der Waals surface area contributed by atoms with Gasteiger partial charge in [0.15, 0.2) is 0 Å². The van der Waals surface area contributed by atoms with Crippen LogP contribution in [0.4, 0.5) is 17.8 Å². The first-order valence-electron chi connectivity index (χ1n) is 6.07. The normalized spacial score (nSPS) is 10.3. The molecule has 7 nitrogen and oxygen atoms in total. The summed E-state index contributed by atoms with van der Waals surface area (Å²) in [5.41, 5.74) is 0. The van der Waals surface area contributed by atoms with Crippen LogP contribution >= 0.6 is 0 Å². The molecule has 0 bridgehead atoms. The zero-order valence-electron chi connectivity index (χ0n) is 11.5. The number of nitrogens with zero attached hydrogens (tertiary/aromatic N) is 5. The highest BCUT2D eigenvalue weighted by Gasteiger charge is 2.10. The van der Waals surface area contributed by atoms with Crippen LogP contribution in [0.3, 0.4) is 0 Å². The molecule has 0 aromatic carbocycles. The molecule has 2 N–H and O–H groups in total. The van der Waals surface area contributed by atoms with Gasteiger partial charge < -0.3 is 20.2 Å². The van der Waals surface area contributed by atoms with Crippen molar-refractivity contribution in [3.05, 3.63) is 0 Å². The number of hydrogen-bond acceptors (Lipinski definition) is 7.